The Morgan fingerprint density at radius 1 is 1.17 bits per heavy atom. The van der Waals surface area contributed by atoms with Gasteiger partial charge in [0.2, 0.25) is 0 Å². The molecule has 0 rings (SSSR count). The van der Waals surface area contributed by atoms with Gasteiger partial charge in [0.1, 0.15) is 0 Å². The summed E-state index contributed by atoms with van der Waals surface area (Å²) < 4.78 is 0. The highest BCUT2D eigenvalue weighted by Crippen LogP contribution is 2.08. The molecule has 0 amide bonds. The van der Waals surface area contributed by atoms with Crippen molar-refractivity contribution >= 4 is 0 Å². The molecule has 0 heterocycles. The maximum atomic E-state index is 3.61. The molecule has 0 bridgehead atoms. The topological polar surface area (TPSA) is 0 Å². The average Bonchev–Trinajstić information content (AvgIpc) is 2.05. The van der Waals surface area contributed by atoms with Gasteiger partial charge >= 0.3 is 0 Å². The molecule has 0 atom stereocenters. The summed E-state index contributed by atoms with van der Waals surface area (Å²) in [5.41, 5.74) is 2.79. The highest BCUT2D eigenvalue weighted by molar-refractivity contribution is 5.18. The molecular formula is C12H18. The molecule has 0 aromatic carbocycles. The van der Waals surface area contributed by atoms with Crippen LogP contribution >= 0.6 is 0 Å². The van der Waals surface area contributed by atoms with Crippen molar-refractivity contribution in [1.29, 1.82) is 0 Å². The fourth-order valence-electron chi connectivity index (χ4n) is 0.899. The van der Waals surface area contributed by atoms with E-state index < -0.39 is 0 Å². The quantitative estimate of drug-likeness (QED) is 0.432. The van der Waals surface area contributed by atoms with Gasteiger partial charge in [0.15, 0.2) is 0 Å². The minimum atomic E-state index is 1.07. The molecule has 0 radical (unpaired) electrons. The van der Waals surface area contributed by atoms with Crippen LogP contribution in [0.5, 0.6) is 0 Å². The highest BCUT2D eigenvalue weighted by atomic mass is 13.9. The Kier molecular flexibility index (Phi) is 6.08. The third-order valence-electron chi connectivity index (χ3n) is 1.68. The van der Waals surface area contributed by atoms with E-state index in [0.717, 1.165) is 6.42 Å². The molecule has 0 N–H and O–H groups in total. The number of allylic oxidation sites excluding steroid dienone is 7. The minimum Gasteiger partial charge on any atom is -0.0991 e. The summed E-state index contributed by atoms with van der Waals surface area (Å²) in [4.78, 5) is 0. The second-order valence-corrected chi connectivity index (χ2v) is 2.95. The van der Waals surface area contributed by atoms with E-state index in [-0.39, 0.29) is 0 Å². The smallest absolute Gasteiger partial charge is 0.0111 e. The van der Waals surface area contributed by atoms with E-state index in [1.54, 1.807) is 6.08 Å². The standard InChI is InChI=1S/C12H18/c1-5-7-8-9-12(4)10-11(3)6-2/h5-9H,1,10H2,2-4H3/b8-7-,11-6-,12-9-. The Labute approximate surface area is 76.0 Å². The van der Waals surface area contributed by atoms with Gasteiger partial charge in [-0.1, -0.05) is 48.1 Å². The van der Waals surface area contributed by atoms with Crippen molar-refractivity contribution in [3.8, 4) is 0 Å². The minimum absolute atomic E-state index is 1.07. The van der Waals surface area contributed by atoms with Crippen molar-refractivity contribution in [2.75, 3.05) is 0 Å². The first-order chi connectivity index (χ1) is 5.70. The number of hydrogen-bond donors (Lipinski definition) is 0. The van der Waals surface area contributed by atoms with Crippen LogP contribution in [0.1, 0.15) is 27.2 Å². The predicted molar refractivity (Wildman–Crippen MR) is 57.1 cm³/mol. The first-order valence-corrected chi connectivity index (χ1v) is 4.27. The predicted octanol–water partition coefficient (Wildman–Crippen LogP) is 4.03. The fraction of sp³-hybridized carbons (Fsp3) is 0.333. The molecule has 0 aliphatic heterocycles. The van der Waals surface area contributed by atoms with Gasteiger partial charge in [0.05, 0.1) is 0 Å². The van der Waals surface area contributed by atoms with Crippen LogP contribution in [0, 0.1) is 0 Å². The van der Waals surface area contributed by atoms with E-state index in [0.29, 0.717) is 0 Å². The molecule has 0 saturated heterocycles. The summed E-state index contributed by atoms with van der Waals surface area (Å²) in [6.45, 7) is 9.97. The summed E-state index contributed by atoms with van der Waals surface area (Å²) in [6, 6.07) is 0. The molecule has 0 aliphatic carbocycles. The zero-order valence-corrected chi connectivity index (χ0v) is 8.30. The largest absolute Gasteiger partial charge is 0.0991 e. The summed E-state index contributed by atoms with van der Waals surface area (Å²) in [5, 5.41) is 0. The maximum Gasteiger partial charge on any atom is -0.0111 e. The molecule has 0 heteroatoms. The Morgan fingerprint density at radius 2 is 1.83 bits per heavy atom. The lowest BCUT2D eigenvalue weighted by Crippen LogP contribution is -1.78. The Bertz CT molecular complexity index is 214. The molecule has 0 spiro atoms. The van der Waals surface area contributed by atoms with Crippen LogP contribution in [0.15, 0.2) is 48.1 Å². The van der Waals surface area contributed by atoms with Gasteiger partial charge in [0.25, 0.3) is 0 Å². The zero-order valence-electron chi connectivity index (χ0n) is 8.30. The SMILES string of the molecule is C=C/C=C\C=C(\C)C/C(C)=C\C. The van der Waals surface area contributed by atoms with Crippen LogP contribution in [0.4, 0.5) is 0 Å². The molecule has 0 saturated carbocycles. The molecular weight excluding hydrogens is 144 g/mol. The fourth-order valence-corrected chi connectivity index (χ4v) is 0.899. The molecule has 0 aromatic heterocycles. The summed E-state index contributed by atoms with van der Waals surface area (Å²) in [5.74, 6) is 0. The van der Waals surface area contributed by atoms with Crippen molar-refractivity contribution in [2.45, 2.75) is 27.2 Å². The van der Waals surface area contributed by atoms with Crippen molar-refractivity contribution in [3.05, 3.63) is 48.1 Å². The maximum absolute atomic E-state index is 3.61. The highest BCUT2D eigenvalue weighted by Gasteiger charge is 1.88. The lowest BCUT2D eigenvalue weighted by Gasteiger charge is -1.98. The van der Waals surface area contributed by atoms with Gasteiger partial charge in [-0.3, -0.25) is 0 Å². The van der Waals surface area contributed by atoms with E-state index in [4.69, 9.17) is 0 Å². The second kappa shape index (κ2) is 6.66. The molecule has 12 heavy (non-hydrogen) atoms. The van der Waals surface area contributed by atoms with Crippen LogP contribution in [-0.2, 0) is 0 Å². The first-order valence-electron chi connectivity index (χ1n) is 4.27. The Balaban J connectivity index is 4.02. The van der Waals surface area contributed by atoms with E-state index >= 15 is 0 Å². The summed E-state index contributed by atoms with van der Waals surface area (Å²) in [6.07, 6.45) is 11.1. The molecule has 0 fully saturated rings. The van der Waals surface area contributed by atoms with Crippen molar-refractivity contribution in [3.63, 3.8) is 0 Å². The second-order valence-electron chi connectivity index (χ2n) is 2.95. The average molecular weight is 162 g/mol. The summed E-state index contributed by atoms with van der Waals surface area (Å²) in [7, 11) is 0. The Morgan fingerprint density at radius 3 is 2.33 bits per heavy atom. The zero-order chi connectivity index (χ0) is 9.40. The first kappa shape index (κ1) is 11.0. The Hall–Kier alpha value is -1.04. The van der Waals surface area contributed by atoms with Crippen LogP contribution in [0.2, 0.25) is 0 Å². The van der Waals surface area contributed by atoms with Crippen LogP contribution in [0.3, 0.4) is 0 Å². The molecule has 0 aromatic rings. The third-order valence-corrected chi connectivity index (χ3v) is 1.68. The van der Waals surface area contributed by atoms with Crippen molar-refractivity contribution in [2.24, 2.45) is 0 Å². The van der Waals surface area contributed by atoms with Gasteiger partial charge in [-0.05, 0) is 27.2 Å². The van der Waals surface area contributed by atoms with E-state index in [9.17, 15) is 0 Å². The van der Waals surface area contributed by atoms with Crippen molar-refractivity contribution < 1.29 is 0 Å². The van der Waals surface area contributed by atoms with Gasteiger partial charge in [-0.15, -0.1) is 0 Å². The van der Waals surface area contributed by atoms with Gasteiger partial charge < -0.3 is 0 Å². The monoisotopic (exact) mass is 162 g/mol. The molecule has 0 aliphatic rings. The van der Waals surface area contributed by atoms with Crippen LogP contribution in [0.25, 0.3) is 0 Å². The number of rotatable bonds is 4. The molecule has 0 nitrogen and oxygen atoms in total. The van der Waals surface area contributed by atoms with Gasteiger partial charge in [-0.2, -0.15) is 0 Å². The third kappa shape index (κ3) is 5.72. The molecule has 0 unspecified atom stereocenters. The van der Waals surface area contributed by atoms with E-state index in [1.807, 2.05) is 12.2 Å². The van der Waals surface area contributed by atoms with Gasteiger partial charge in [-0.25, -0.2) is 0 Å². The lowest BCUT2D eigenvalue weighted by atomic mass is 10.1. The van der Waals surface area contributed by atoms with Gasteiger partial charge in [0, 0.05) is 0 Å². The van der Waals surface area contributed by atoms with Crippen LogP contribution in [-0.4, -0.2) is 0 Å². The normalized spacial score (nSPS) is 13.9. The van der Waals surface area contributed by atoms with Crippen LogP contribution < -0.4 is 0 Å². The van der Waals surface area contributed by atoms with Crippen molar-refractivity contribution in [1.82, 2.24) is 0 Å². The van der Waals surface area contributed by atoms with E-state index in [1.165, 1.54) is 11.1 Å². The van der Waals surface area contributed by atoms with E-state index in [2.05, 4.69) is 39.5 Å². The summed E-state index contributed by atoms with van der Waals surface area (Å²) >= 11 is 0. The molecule has 66 valence electrons. The number of hydrogen-bond acceptors (Lipinski definition) is 0. The lowest BCUT2D eigenvalue weighted by molar-refractivity contribution is 1.10.